The van der Waals surface area contributed by atoms with Crippen LogP contribution >= 0.6 is 0 Å². The van der Waals surface area contributed by atoms with Gasteiger partial charge in [0.1, 0.15) is 0 Å². The van der Waals surface area contributed by atoms with Gasteiger partial charge in [0.2, 0.25) is 0 Å². The zero-order valence-corrected chi connectivity index (χ0v) is 16.9. The van der Waals surface area contributed by atoms with Gasteiger partial charge in [-0.3, -0.25) is 13.9 Å². The summed E-state index contributed by atoms with van der Waals surface area (Å²) in [5.41, 5.74) is 1.08. The van der Waals surface area contributed by atoms with Gasteiger partial charge in [-0.15, -0.1) is 0 Å². The summed E-state index contributed by atoms with van der Waals surface area (Å²) in [6, 6.07) is 6.32. The van der Waals surface area contributed by atoms with E-state index in [9.17, 15) is 21.6 Å². The lowest BCUT2D eigenvalue weighted by Crippen LogP contribution is -2.21. The number of ether oxygens (including phenoxy) is 1. The second-order valence-corrected chi connectivity index (χ2v) is 8.66. The molecule has 0 amide bonds. The summed E-state index contributed by atoms with van der Waals surface area (Å²) in [7, 11) is -8.30. The molecule has 0 radical (unpaired) electrons. The Morgan fingerprint density at radius 3 is 1.85 bits per heavy atom. The molecule has 0 bridgehead atoms. The van der Waals surface area contributed by atoms with E-state index in [2.05, 4.69) is 18.6 Å². The van der Waals surface area contributed by atoms with Crippen LogP contribution in [0.1, 0.15) is 52.0 Å². The van der Waals surface area contributed by atoms with E-state index in [4.69, 9.17) is 9.11 Å². The summed E-state index contributed by atoms with van der Waals surface area (Å²) in [6.07, 6.45) is 1.29. The van der Waals surface area contributed by atoms with Crippen LogP contribution in [0.25, 0.3) is 0 Å². The zero-order valence-electron chi connectivity index (χ0n) is 15.2. The molecule has 150 valence electrons. The SMILES string of the molecule is CCC(C)OC(=O)CS(=O)(=O)O.CCC(C)c1ccc(S(=O)(=O)O)cc1. The Hall–Kier alpha value is -1.49. The molecule has 0 aliphatic carbocycles. The predicted molar refractivity (Wildman–Crippen MR) is 97.2 cm³/mol. The van der Waals surface area contributed by atoms with Crippen molar-refractivity contribution in [1.29, 1.82) is 0 Å². The van der Waals surface area contributed by atoms with E-state index >= 15 is 0 Å². The van der Waals surface area contributed by atoms with E-state index in [0.717, 1.165) is 12.0 Å². The number of hydrogen-bond acceptors (Lipinski definition) is 6. The van der Waals surface area contributed by atoms with E-state index < -0.39 is 32.0 Å². The molecule has 1 rings (SSSR count). The monoisotopic (exact) mass is 410 g/mol. The van der Waals surface area contributed by atoms with Gasteiger partial charge in [0.25, 0.3) is 20.2 Å². The fraction of sp³-hybridized carbons (Fsp3) is 0.562. The molecule has 1 aromatic carbocycles. The quantitative estimate of drug-likeness (QED) is 0.517. The topological polar surface area (TPSA) is 135 Å². The maximum atomic E-state index is 10.7. The molecule has 1 aromatic rings. The van der Waals surface area contributed by atoms with Crippen molar-refractivity contribution in [3.63, 3.8) is 0 Å². The Balaban J connectivity index is 0.000000488. The van der Waals surface area contributed by atoms with Gasteiger partial charge in [-0.05, 0) is 43.4 Å². The van der Waals surface area contributed by atoms with Crippen molar-refractivity contribution in [3.8, 4) is 0 Å². The highest BCUT2D eigenvalue weighted by Gasteiger charge is 2.15. The molecule has 10 heteroatoms. The second-order valence-electron chi connectivity index (χ2n) is 5.79. The molecule has 0 heterocycles. The molecule has 2 atom stereocenters. The zero-order chi connectivity index (χ0) is 20.5. The molecule has 26 heavy (non-hydrogen) atoms. The Morgan fingerprint density at radius 2 is 1.50 bits per heavy atom. The third-order valence-electron chi connectivity index (χ3n) is 3.57. The van der Waals surface area contributed by atoms with Crippen LogP contribution in [0.5, 0.6) is 0 Å². The smallest absolute Gasteiger partial charge is 0.323 e. The van der Waals surface area contributed by atoms with E-state index in [0.29, 0.717) is 12.3 Å². The van der Waals surface area contributed by atoms with E-state index in [-0.39, 0.29) is 11.0 Å². The molecule has 0 aliphatic heterocycles. The van der Waals surface area contributed by atoms with Crippen molar-refractivity contribution in [3.05, 3.63) is 29.8 Å². The van der Waals surface area contributed by atoms with Gasteiger partial charge < -0.3 is 4.74 Å². The Labute approximate surface area is 155 Å². The minimum absolute atomic E-state index is 0.0513. The van der Waals surface area contributed by atoms with E-state index in [1.807, 2.05) is 0 Å². The van der Waals surface area contributed by atoms with Gasteiger partial charge in [-0.25, -0.2) is 0 Å². The van der Waals surface area contributed by atoms with E-state index in [1.54, 1.807) is 26.0 Å². The third kappa shape index (κ3) is 10.5. The number of rotatable bonds is 7. The summed E-state index contributed by atoms with van der Waals surface area (Å²) < 4.78 is 63.4. The first-order chi connectivity index (χ1) is 11.8. The molecule has 0 saturated heterocycles. The summed E-state index contributed by atoms with van der Waals surface area (Å²) >= 11 is 0. The van der Waals surface area contributed by atoms with Crippen molar-refractivity contribution in [2.24, 2.45) is 0 Å². The minimum Gasteiger partial charge on any atom is -0.462 e. The van der Waals surface area contributed by atoms with E-state index in [1.165, 1.54) is 12.1 Å². The Kier molecular flexibility index (Phi) is 10.0. The maximum Gasteiger partial charge on any atom is 0.323 e. The number of carbonyl (C=O) groups excluding carboxylic acids is 1. The number of benzene rings is 1. The molecule has 0 saturated carbocycles. The largest absolute Gasteiger partial charge is 0.462 e. The average molecular weight is 411 g/mol. The second kappa shape index (κ2) is 10.6. The van der Waals surface area contributed by atoms with Crippen LogP contribution < -0.4 is 0 Å². The third-order valence-corrected chi connectivity index (χ3v) is 5.04. The molecule has 0 spiro atoms. The molecule has 0 aliphatic rings. The predicted octanol–water partition coefficient (Wildman–Crippen LogP) is 2.66. The van der Waals surface area contributed by atoms with Crippen molar-refractivity contribution in [2.45, 2.75) is 57.5 Å². The highest BCUT2D eigenvalue weighted by molar-refractivity contribution is 7.86. The normalized spacial score (nSPS) is 13.9. The van der Waals surface area contributed by atoms with Crippen LogP contribution in [0.15, 0.2) is 29.2 Å². The van der Waals surface area contributed by atoms with Gasteiger partial charge >= 0.3 is 5.97 Å². The first kappa shape index (κ1) is 24.5. The number of carbonyl (C=O) groups is 1. The van der Waals surface area contributed by atoms with Gasteiger partial charge in [0.15, 0.2) is 5.75 Å². The van der Waals surface area contributed by atoms with Crippen LogP contribution in [0.3, 0.4) is 0 Å². The van der Waals surface area contributed by atoms with Crippen LogP contribution in [-0.4, -0.2) is 43.8 Å². The fourth-order valence-corrected chi connectivity index (χ4v) is 2.54. The summed E-state index contributed by atoms with van der Waals surface area (Å²) in [6.45, 7) is 7.58. The number of esters is 1. The summed E-state index contributed by atoms with van der Waals surface area (Å²) in [4.78, 5) is 10.6. The molecular weight excluding hydrogens is 384 g/mol. The van der Waals surface area contributed by atoms with Crippen LogP contribution in [-0.2, 0) is 29.8 Å². The van der Waals surface area contributed by atoms with Gasteiger partial charge in [0.05, 0.1) is 11.0 Å². The minimum atomic E-state index is -4.25. The van der Waals surface area contributed by atoms with Crippen molar-refractivity contribution in [1.82, 2.24) is 0 Å². The molecular formula is C16H26O8S2. The first-order valence-corrected chi connectivity index (χ1v) is 11.1. The highest BCUT2D eigenvalue weighted by atomic mass is 32.2. The fourth-order valence-electron chi connectivity index (χ4n) is 1.69. The summed E-state index contributed by atoms with van der Waals surface area (Å²) in [5, 5.41) is 0. The molecule has 2 unspecified atom stereocenters. The Bertz CT molecular complexity index is 767. The van der Waals surface area contributed by atoms with Gasteiger partial charge in [-0.1, -0.05) is 32.9 Å². The molecule has 2 N–H and O–H groups in total. The van der Waals surface area contributed by atoms with Crippen molar-refractivity contribution < 1.29 is 35.5 Å². The lowest BCUT2D eigenvalue weighted by Gasteiger charge is -2.09. The lowest BCUT2D eigenvalue weighted by molar-refractivity contribution is -0.145. The van der Waals surface area contributed by atoms with Gasteiger partial charge in [0, 0.05) is 0 Å². The lowest BCUT2D eigenvalue weighted by atomic mass is 9.99. The molecule has 8 nitrogen and oxygen atoms in total. The van der Waals surface area contributed by atoms with Crippen LogP contribution in [0.4, 0.5) is 0 Å². The highest BCUT2D eigenvalue weighted by Crippen LogP contribution is 2.20. The molecule has 0 fully saturated rings. The average Bonchev–Trinajstić information content (AvgIpc) is 2.52. The van der Waals surface area contributed by atoms with Crippen LogP contribution in [0, 0.1) is 0 Å². The Morgan fingerprint density at radius 1 is 1.00 bits per heavy atom. The van der Waals surface area contributed by atoms with Crippen LogP contribution in [0.2, 0.25) is 0 Å². The standard InChI is InChI=1S/C10H14O3S.C6H12O5S/c1-3-8(2)9-4-6-10(7-5-9)14(11,12)13;1-3-5(2)11-6(7)4-12(8,9)10/h4-8H,3H2,1-2H3,(H,11,12,13);5H,3-4H2,1-2H3,(H,8,9,10). The number of hydrogen-bond donors (Lipinski definition) is 2. The van der Waals surface area contributed by atoms with Gasteiger partial charge in [-0.2, -0.15) is 16.8 Å². The maximum absolute atomic E-state index is 10.7. The first-order valence-electron chi connectivity index (χ1n) is 8.02. The van der Waals surface area contributed by atoms with Crippen molar-refractivity contribution >= 4 is 26.2 Å². The molecule has 0 aromatic heterocycles. The van der Waals surface area contributed by atoms with Crippen molar-refractivity contribution in [2.75, 3.05) is 5.75 Å². The summed E-state index contributed by atoms with van der Waals surface area (Å²) in [5.74, 6) is -1.49.